The van der Waals surface area contributed by atoms with Gasteiger partial charge in [-0.15, -0.1) is 10.2 Å². The quantitative estimate of drug-likeness (QED) is 0.814. The molecule has 1 fully saturated rings. The molecule has 26 heavy (non-hydrogen) atoms. The maximum Gasteiger partial charge on any atom is 0.238 e. The monoisotopic (exact) mass is 396 g/mol. The second-order valence-electron chi connectivity index (χ2n) is 6.83. The van der Waals surface area contributed by atoms with Crippen molar-refractivity contribution in [3.8, 4) is 0 Å². The van der Waals surface area contributed by atoms with E-state index in [1.165, 1.54) is 0 Å². The molecule has 0 spiro atoms. The van der Waals surface area contributed by atoms with Crippen molar-refractivity contribution in [1.82, 2.24) is 15.1 Å². The summed E-state index contributed by atoms with van der Waals surface area (Å²) in [7, 11) is 0. The molecule has 1 aliphatic rings. The number of rotatable bonds is 5. The fraction of sp³-hybridized carbons (Fsp3) is 0.500. The summed E-state index contributed by atoms with van der Waals surface area (Å²) in [6.07, 6.45) is 1.79. The van der Waals surface area contributed by atoms with E-state index >= 15 is 0 Å². The summed E-state index contributed by atoms with van der Waals surface area (Å²) in [4.78, 5) is 14.4. The average molecular weight is 397 g/mol. The van der Waals surface area contributed by atoms with Crippen LogP contribution in [0.1, 0.15) is 50.3 Å². The Labute approximate surface area is 162 Å². The Hall–Kier alpha value is -1.63. The fourth-order valence-corrected chi connectivity index (χ4v) is 3.32. The first-order valence-electron chi connectivity index (χ1n) is 8.73. The van der Waals surface area contributed by atoms with Gasteiger partial charge in [0.05, 0.1) is 22.3 Å². The first kappa shape index (κ1) is 19.1. The summed E-state index contributed by atoms with van der Waals surface area (Å²) in [5.41, 5.74) is 0.533. The molecule has 1 amide bonds. The molecule has 1 aromatic carbocycles. The normalized spacial score (nSPS) is 16.2. The molecule has 1 aromatic heterocycles. The molecule has 0 atom stereocenters. The van der Waals surface area contributed by atoms with E-state index in [4.69, 9.17) is 27.6 Å². The highest BCUT2D eigenvalue weighted by molar-refractivity contribution is 6.43. The molecule has 0 aliphatic carbocycles. The van der Waals surface area contributed by atoms with Gasteiger partial charge >= 0.3 is 0 Å². The van der Waals surface area contributed by atoms with Gasteiger partial charge in [-0.1, -0.05) is 43.1 Å². The lowest BCUT2D eigenvalue weighted by atomic mass is 9.97. The number of carbonyl (C=O) groups is 1. The number of carbonyl (C=O) groups excluding carboxylic acids is 1. The second-order valence-corrected chi connectivity index (χ2v) is 7.62. The molecule has 2 heterocycles. The van der Waals surface area contributed by atoms with Crippen LogP contribution in [-0.2, 0) is 4.79 Å². The average Bonchev–Trinajstić information content (AvgIpc) is 3.10. The SMILES string of the molecule is CC(C)c1nnc(C2CCN(CC(=O)Nc3cccc(Cl)c3Cl)CC2)o1. The lowest BCUT2D eigenvalue weighted by molar-refractivity contribution is -0.117. The number of anilines is 1. The van der Waals surface area contributed by atoms with Crippen LogP contribution in [0.5, 0.6) is 0 Å². The lowest BCUT2D eigenvalue weighted by Crippen LogP contribution is -2.38. The van der Waals surface area contributed by atoms with Crippen LogP contribution in [0.3, 0.4) is 0 Å². The molecule has 6 nitrogen and oxygen atoms in total. The summed E-state index contributed by atoms with van der Waals surface area (Å²) < 4.78 is 5.76. The van der Waals surface area contributed by atoms with Crippen LogP contribution in [0.2, 0.25) is 10.0 Å². The summed E-state index contributed by atoms with van der Waals surface area (Å²) >= 11 is 12.1. The van der Waals surface area contributed by atoms with Gasteiger partial charge in [0, 0.05) is 11.8 Å². The van der Waals surface area contributed by atoms with Gasteiger partial charge in [0.25, 0.3) is 0 Å². The van der Waals surface area contributed by atoms with E-state index in [0.29, 0.717) is 34.1 Å². The summed E-state index contributed by atoms with van der Waals surface area (Å²) in [5, 5.41) is 11.9. The molecule has 140 valence electrons. The number of hydrogen-bond acceptors (Lipinski definition) is 5. The van der Waals surface area contributed by atoms with Gasteiger partial charge in [-0.2, -0.15) is 0 Å². The highest BCUT2D eigenvalue weighted by Crippen LogP contribution is 2.30. The zero-order chi connectivity index (χ0) is 18.7. The molecule has 0 saturated carbocycles. The molecule has 8 heteroatoms. The topological polar surface area (TPSA) is 71.3 Å². The van der Waals surface area contributed by atoms with Gasteiger partial charge in [-0.25, -0.2) is 0 Å². The van der Waals surface area contributed by atoms with Crippen LogP contribution >= 0.6 is 23.2 Å². The number of nitrogens with zero attached hydrogens (tertiary/aromatic N) is 3. The minimum absolute atomic E-state index is 0.104. The van der Waals surface area contributed by atoms with E-state index in [-0.39, 0.29) is 17.7 Å². The van der Waals surface area contributed by atoms with Gasteiger partial charge in [-0.3, -0.25) is 9.69 Å². The summed E-state index contributed by atoms with van der Waals surface area (Å²) in [6.45, 7) is 5.99. The fourth-order valence-electron chi connectivity index (χ4n) is 2.98. The molecule has 1 aliphatic heterocycles. The van der Waals surface area contributed by atoms with Crippen molar-refractivity contribution >= 4 is 34.8 Å². The van der Waals surface area contributed by atoms with Crippen molar-refractivity contribution in [1.29, 1.82) is 0 Å². The van der Waals surface area contributed by atoms with Gasteiger partial charge in [0.2, 0.25) is 17.7 Å². The minimum atomic E-state index is -0.104. The highest BCUT2D eigenvalue weighted by atomic mass is 35.5. The number of hydrogen-bond donors (Lipinski definition) is 1. The van der Waals surface area contributed by atoms with Gasteiger partial charge in [-0.05, 0) is 38.1 Å². The maximum atomic E-state index is 12.3. The Morgan fingerprint density at radius 2 is 2.04 bits per heavy atom. The van der Waals surface area contributed by atoms with Gasteiger partial charge < -0.3 is 9.73 Å². The zero-order valence-electron chi connectivity index (χ0n) is 14.8. The number of benzene rings is 1. The standard InChI is InChI=1S/C18H22Cl2N4O2/c1-11(2)17-22-23-18(26-17)12-6-8-24(9-7-12)10-15(25)21-14-5-3-4-13(19)16(14)20/h3-5,11-12H,6-10H2,1-2H3,(H,21,25). The first-order chi connectivity index (χ1) is 12.4. The number of halogens is 2. The molecule has 0 bridgehead atoms. The number of aromatic nitrogens is 2. The number of likely N-dealkylation sites (tertiary alicyclic amines) is 1. The van der Waals surface area contributed by atoms with Crippen LogP contribution in [0, 0.1) is 0 Å². The Balaban J connectivity index is 1.50. The van der Waals surface area contributed by atoms with Crippen LogP contribution in [0.4, 0.5) is 5.69 Å². The largest absolute Gasteiger partial charge is 0.425 e. The Morgan fingerprint density at radius 1 is 1.31 bits per heavy atom. The summed E-state index contributed by atoms with van der Waals surface area (Å²) in [6, 6.07) is 5.18. The number of nitrogens with one attached hydrogen (secondary N) is 1. The highest BCUT2D eigenvalue weighted by Gasteiger charge is 2.26. The maximum absolute atomic E-state index is 12.3. The Morgan fingerprint density at radius 3 is 2.69 bits per heavy atom. The van der Waals surface area contributed by atoms with Crippen molar-refractivity contribution in [2.75, 3.05) is 25.0 Å². The number of piperidine rings is 1. The molecule has 1 N–H and O–H groups in total. The lowest BCUT2D eigenvalue weighted by Gasteiger charge is -2.29. The Bertz CT molecular complexity index is 770. The number of amides is 1. The van der Waals surface area contributed by atoms with Gasteiger partial charge in [0.15, 0.2) is 0 Å². The molecule has 3 rings (SSSR count). The van der Waals surface area contributed by atoms with Crippen molar-refractivity contribution in [3.05, 3.63) is 40.0 Å². The first-order valence-corrected chi connectivity index (χ1v) is 9.49. The smallest absolute Gasteiger partial charge is 0.238 e. The van der Waals surface area contributed by atoms with Crippen LogP contribution < -0.4 is 5.32 Å². The predicted octanol–water partition coefficient (Wildman–Crippen LogP) is 4.32. The van der Waals surface area contributed by atoms with E-state index in [1.807, 2.05) is 13.8 Å². The van der Waals surface area contributed by atoms with E-state index in [2.05, 4.69) is 20.4 Å². The molecular weight excluding hydrogens is 375 g/mol. The molecule has 1 saturated heterocycles. The molecule has 2 aromatic rings. The van der Waals surface area contributed by atoms with E-state index in [0.717, 1.165) is 25.9 Å². The molecule has 0 radical (unpaired) electrons. The minimum Gasteiger partial charge on any atom is -0.425 e. The van der Waals surface area contributed by atoms with Crippen molar-refractivity contribution < 1.29 is 9.21 Å². The van der Waals surface area contributed by atoms with Crippen molar-refractivity contribution in [3.63, 3.8) is 0 Å². The molecular formula is C18H22Cl2N4O2. The Kier molecular flexibility index (Phi) is 6.16. The second kappa shape index (κ2) is 8.37. The van der Waals surface area contributed by atoms with E-state index in [9.17, 15) is 4.79 Å². The van der Waals surface area contributed by atoms with E-state index in [1.54, 1.807) is 18.2 Å². The van der Waals surface area contributed by atoms with E-state index < -0.39 is 0 Å². The van der Waals surface area contributed by atoms with Crippen LogP contribution in [0.15, 0.2) is 22.6 Å². The van der Waals surface area contributed by atoms with Crippen LogP contribution in [-0.4, -0.2) is 40.6 Å². The van der Waals surface area contributed by atoms with Crippen molar-refractivity contribution in [2.24, 2.45) is 0 Å². The van der Waals surface area contributed by atoms with Gasteiger partial charge in [0.1, 0.15) is 0 Å². The van der Waals surface area contributed by atoms with Crippen LogP contribution in [0.25, 0.3) is 0 Å². The third-order valence-corrected chi connectivity index (χ3v) is 5.30. The predicted molar refractivity (Wildman–Crippen MR) is 102 cm³/mol. The third kappa shape index (κ3) is 4.55. The molecule has 0 unspecified atom stereocenters. The zero-order valence-corrected chi connectivity index (χ0v) is 16.3. The third-order valence-electron chi connectivity index (χ3n) is 4.48. The van der Waals surface area contributed by atoms with Crippen molar-refractivity contribution in [2.45, 2.75) is 38.5 Å². The summed E-state index contributed by atoms with van der Waals surface area (Å²) in [5.74, 6) is 1.78.